The highest BCUT2D eigenvalue weighted by atomic mass is 35.5. The predicted molar refractivity (Wildman–Crippen MR) is 67.2 cm³/mol. The van der Waals surface area contributed by atoms with Crippen LogP contribution in [0.4, 0.5) is 5.69 Å². The third-order valence-corrected chi connectivity index (χ3v) is 3.12. The molecule has 0 saturated carbocycles. The molecule has 0 fully saturated rings. The number of rotatable bonds is 2. The molecule has 2 aromatic rings. The van der Waals surface area contributed by atoms with Crippen molar-refractivity contribution in [3.8, 4) is 5.82 Å². The van der Waals surface area contributed by atoms with Gasteiger partial charge in [-0.05, 0) is 19.9 Å². The van der Waals surface area contributed by atoms with Gasteiger partial charge in [-0.1, -0.05) is 11.6 Å². The number of carboxylic acids is 1. The van der Waals surface area contributed by atoms with Gasteiger partial charge in [0.2, 0.25) is 0 Å². The predicted octanol–water partition coefficient (Wildman–Crippen LogP) is 1.82. The molecule has 0 aliphatic heterocycles. The second-order valence-electron chi connectivity index (χ2n) is 3.83. The van der Waals surface area contributed by atoms with Crippen molar-refractivity contribution in [1.29, 1.82) is 0 Å². The van der Waals surface area contributed by atoms with E-state index in [9.17, 15) is 4.79 Å². The van der Waals surface area contributed by atoms with Crippen molar-refractivity contribution in [3.63, 3.8) is 0 Å². The van der Waals surface area contributed by atoms with Gasteiger partial charge in [-0.15, -0.1) is 0 Å². The third-order valence-electron chi connectivity index (χ3n) is 2.57. The number of carboxylic acid groups (broad SMARTS) is 1. The summed E-state index contributed by atoms with van der Waals surface area (Å²) in [6, 6.07) is 1.37. The van der Waals surface area contributed by atoms with Gasteiger partial charge in [0.15, 0.2) is 5.82 Å². The summed E-state index contributed by atoms with van der Waals surface area (Å²) >= 11 is 6.03. The SMILES string of the molecule is Cc1nn(-c2cc(C(=O)O)c(N)cn2)c(C)c1Cl. The summed E-state index contributed by atoms with van der Waals surface area (Å²) in [6.45, 7) is 3.54. The molecule has 2 heterocycles. The Balaban J connectivity index is 2.61. The summed E-state index contributed by atoms with van der Waals surface area (Å²) in [5.74, 6) is -0.738. The molecule has 6 nitrogen and oxygen atoms in total. The summed E-state index contributed by atoms with van der Waals surface area (Å²) in [5, 5.41) is 13.7. The minimum Gasteiger partial charge on any atom is -0.478 e. The van der Waals surface area contributed by atoms with E-state index in [4.69, 9.17) is 22.4 Å². The van der Waals surface area contributed by atoms with Crippen LogP contribution in [0.5, 0.6) is 0 Å². The Bertz CT molecular complexity index is 636. The van der Waals surface area contributed by atoms with Gasteiger partial charge >= 0.3 is 5.97 Å². The molecule has 7 heteroatoms. The molecular formula is C11H11ClN4O2. The van der Waals surface area contributed by atoms with E-state index in [1.807, 2.05) is 0 Å². The van der Waals surface area contributed by atoms with E-state index in [-0.39, 0.29) is 11.3 Å². The van der Waals surface area contributed by atoms with E-state index in [0.29, 0.717) is 22.2 Å². The Hall–Kier alpha value is -2.08. The molecule has 2 rings (SSSR count). The zero-order chi connectivity index (χ0) is 13.4. The fourth-order valence-corrected chi connectivity index (χ4v) is 1.72. The minimum atomic E-state index is -1.11. The summed E-state index contributed by atoms with van der Waals surface area (Å²) in [5.41, 5.74) is 7.00. The topological polar surface area (TPSA) is 94.0 Å². The quantitative estimate of drug-likeness (QED) is 0.865. The van der Waals surface area contributed by atoms with E-state index in [0.717, 1.165) is 0 Å². The molecule has 0 amide bonds. The Morgan fingerprint density at radius 1 is 1.50 bits per heavy atom. The van der Waals surface area contributed by atoms with Crippen molar-refractivity contribution in [3.05, 3.63) is 34.2 Å². The van der Waals surface area contributed by atoms with Crippen LogP contribution in [0, 0.1) is 13.8 Å². The summed E-state index contributed by atoms with van der Waals surface area (Å²) < 4.78 is 1.49. The van der Waals surface area contributed by atoms with Crippen LogP contribution < -0.4 is 5.73 Å². The molecule has 0 bridgehead atoms. The number of pyridine rings is 1. The van der Waals surface area contributed by atoms with Gasteiger partial charge in [0.05, 0.1) is 33.9 Å². The first-order valence-electron chi connectivity index (χ1n) is 5.12. The molecule has 0 aliphatic carbocycles. The number of halogens is 1. The standard InChI is InChI=1S/C11H11ClN4O2/c1-5-10(12)6(2)16(15-5)9-3-7(11(17)18)8(13)4-14-9/h3-4H,13H2,1-2H3,(H,17,18). The first-order valence-corrected chi connectivity index (χ1v) is 5.50. The fraction of sp³-hybridized carbons (Fsp3) is 0.182. The first kappa shape index (κ1) is 12.4. The summed E-state index contributed by atoms with van der Waals surface area (Å²) in [4.78, 5) is 15.1. The van der Waals surface area contributed by atoms with Crippen LogP contribution in [0.15, 0.2) is 12.3 Å². The van der Waals surface area contributed by atoms with E-state index in [1.54, 1.807) is 13.8 Å². The lowest BCUT2D eigenvalue weighted by atomic mass is 10.2. The van der Waals surface area contributed by atoms with Gasteiger partial charge in [0.25, 0.3) is 0 Å². The van der Waals surface area contributed by atoms with E-state index < -0.39 is 5.97 Å². The molecular weight excluding hydrogens is 256 g/mol. The number of aromatic nitrogens is 3. The van der Waals surface area contributed by atoms with Crippen molar-refractivity contribution in [2.75, 3.05) is 5.73 Å². The van der Waals surface area contributed by atoms with Gasteiger partial charge in [0.1, 0.15) is 0 Å². The fourth-order valence-electron chi connectivity index (χ4n) is 1.60. The Morgan fingerprint density at radius 2 is 2.17 bits per heavy atom. The molecule has 18 heavy (non-hydrogen) atoms. The second-order valence-corrected chi connectivity index (χ2v) is 4.21. The summed E-state index contributed by atoms with van der Waals surface area (Å²) in [6.07, 6.45) is 1.29. The smallest absolute Gasteiger partial charge is 0.337 e. The van der Waals surface area contributed by atoms with Crippen LogP contribution in [0.3, 0.4) is 0 Å². The molecule has 0 saturated heterocycles. The van der Waals surface area contributed by atoms with Crippen molar-refractivity contribution < 1.29 is 9.90 Å². The highest BCUT2D eigenvalue weighted by Gasteiger charge is 2.15. The first-order chi connectivity index (χ1) is 8.41. The van der Waals surface area contributed by atoms with Crippen LogP contribution in [-0.2, 0) is 0 Å². The molecule has 0 atom stereocenters. The lowest BCUT2D eigenvalue weighted by Crippen LogP contribution is -2.08. The number of aromatic carboxylic acids is 1. The largest absolute Gasteiger partial charge is 0.478 e. The molecule has 0 radical (unpaired) electrons. The van der Waals surface area contributed by atoms with Crippen LogP contribution in [0.1, 0.15) is 21.7 Å². The van der Waals surface area contributed by atoms with Crippen LogP contribution in [0.25, 0.3) is 5.82 Å². The molecule has 3 N–H and O–H groups in total. The number of nitrogen functional groups attached to an aromatic ring is 1. The van der Waals surface area contributed by atoms with Gasteiger partial charge in [-0.2, -0.15) is 5.10 Å². The molecule has 0 spiro atoms. The van der Waals surface area contributed by atoms with E-state index >= 15 is 0 Å². The van der Waals surface area contributed by atoms with Crippen LogP contribution >= 0.6 is 11.6 Å². The number of carbonyl (C=O) groups is 1. The lowest BCUT2D eigenvalue weighted by Gasteiger charge is -2.06. The molecule has 94 valence electrons. The van der Waals surface area contributed by atoms with Gasteiger partial charge in [-0.3, -0.25) is 0 Å². The Morgan fingerprint density at radius 3 is 2.67 bits per heavy atom. The highest BCUT2D eigenvalue weighted by molar-refractivity contribution is 6.31. The monoisotopic (exact) mass is 266 g/mol. The maximum atomic E-state index is 11.0. The van der Waals surface area contributed by atoms with Crippen LogP contribution in [-0.4, -0.2) is 25.8 Å². The molecule has 0 unspecified atom stereocenters. The van der Waals surface area contributed by atoms with Crippen molar-refractivity contribution in [2.24, 2.45) is 0 Å². The second kappa shape index (κ2) is 4.30. The van der Waals surface area contributed by atoms with Crippen molar-refractivity contribution in [2.45, 2.75) is 13.8 Å². The number of anilines is 1. The highest BCUT2D eigenvalue weighted by Crippen LogP contribution is 2.22. The Labute approximate surface area is 108 Å². The molecule has 0 aromatic carbocycles. The van der Waals surface area contributed by atoms with Crippen molar-refractivity contribution in [1.82, 2.24) is 14.8 Å². The number of aryl methyl sites for hydroxylation is 1. The van der Waals surface area contributed by atoms with Crippen LogP contribution in [0.2, 0.25) is 5.02 Å². The minimum absolute atomic E-state index is 0.0105. The van der Waals surface area contributed by atoms with Crippen molar-refractivity contribution >= 4 is 23.3 Å². The van der Waals surface area contributed by atoms with E-state index in [1.165, 1.54) is 16.9 Å². The zero-order valence-corrected chi connectivity index (χ0v) is 10.6. The van der Waals surface area contributed by atoms with Gasteiger partial charge in [-0.25, -0.2) is 14.5 Å². The number of hydrogen-bond donors (Lipinski definition) is 2. The Kier molecular flexibility index (Phi) is 2.96. The number of nitrogens with zero attached hydrogens (tertiary/aromatic N) is 3. The van der Waals surface area contributed by atoms with Gasteiger partial charge in [0, 0.05) is 0 Å². The average Bonchev–Trinajstić information content (AvgIpc) is 2.57. The molecule has 2 aromatic heterocycles. The number of hydrogen-bond acceptors (Lipinski definition) is 4. The lowest BCUT2D eigenvalue weighted by molar-refractivity contribution is 0.0698. The maximum absolute atomic E-state index is 11.0. The van der Waals surface area contributed by atoms with E-state index in [2.05, 4.69) is 10.1 Å². The normalized spacial score (nSPS) is 10.6. The summed E-state index contributed by atoms with van der Waals surface area (Å²) in [7, 11) is 0. The third kappa shape index (κ3) is 1.91. The van der Waals surface area contributed by atoms with Gasteiger partial charge < -0.3 is 10.8 Å². The zero-order valence-electron chi connectivity index (χ0n) is 9.81. The number of nitrogens with two attached hydrogens (primary N) is 1. The maximum Gasteiger partial charge on any atom is 0.337 e. The molecule has 0 aliphatic rings. The average molecular weight is 267 g/mol.